The number of benzene rings is 1. The zero-order chi connectivity index (χ0) is 24.6. The number of anilines is 2. The largest absolute Gasteiger partial charge is 0.371 e. The smallest absolute Gasteiger partial charge is 0.268 e. The number of nitrogens with one attached hydrogen (secondary N) is 1. The van der Waals surface area contributed by atoms with Gasteiger partial charge in [0.05, 0.1) is 0 Å². The maximum atomic E-state index is 15.1. The molecule has 2 aliphatic rings. The van der Waals surface area contributed by atoms with Crippen molar-refractivity contribution in [3.05, 3.63) is 47.4 Å². The molecule has 1 aromatic carbocycles. The molecule has 3 heterocycles. The lowest BCUT2D eigenvalue weighted by atomic mass is 10.1. The summed E-state index contributed by atoms with van der Waals surface area (Å²) in [5, 5.41) is 0. The summed E-state index contributed by atoms with van der Waals surface area (Å²) in [5.41, 5.74) is 0.209. The van der Waals surface area contributed by atoms with Crippen LogP contribution in [0.3, 0.4) is 0 Å². The Hall–Kier alpha value is -2.47. The Morgan fingerprint density at radius 1 is 1.15 bits per heavy atom. The SMILES string of the molecule is Cc1c(N2CCC(CN3CCC(C(F)F)C3)C2)cc(F)c(S(=O)(=O)Nc2cccc(F)n2)c1F. The molecule has 2 aromatic rings. The Morgan fingerprint density at radius 3 is 2.59 bits per heavy atom. The number of rotatable bonds is 7. The average Bonchev–Trinajstić information content (AvgIpc) is 3.40. The van der Waals surface area contributed by atoms with Crippen LogP contribution in [0, 0.1) is 36.3 Å². The van der Waals surface area contributed by atoms with E-state index < -0.39 is 50.7 Å². The van der Waals surface area contributed by atoms with Crippen LogP contribution in [0.25, 0.3) is 0 Å². The molecule has 12 heteroatoms. The van der Waals surface area contributed by atoms with Gasteiger partial charge in [-0.25, -0.2) is 31.0 Å². The van der Waals surface area contributed by atoms with Crippen LogP contribution in [-0.2, 0) is 10.0 Å². The highest BCUT2D eigenvalue weighted by molar-refractivity contribution is 7.92. The third-order valence-corrected chi connectivity index (χ3v) is 7.81. The first-order chi connectivity index (χ1) is 16.0. The van der Waals surface area contributed by atoms with Crippen molar-refractivity contribution in [2.45, 2.75) is 31.1 Å². The maximum absolute atomic E-state index is 15.1. The number of likely N-dealkylation sites (tertiary alicyclic amines) is 1. The molecule has 0 amide bonds. The summed E-state index contributed by atoms with van der Waals surface area (Å²) in [6.07, 6.45) is -1.15. The number of aromatic nitrogens is 1. The van der Waals surface area contributed by atoms with Gasteiger partial charge in [0.2, 0.25) is 12.4 Å². The van der Waals surface area contributed by atoms with Gasteiger partial charge in [0.1, 0.15) is 11.6 Å². The summed E-state index contributed by atoms with van der Waals surface area (Å²) >= 11 is 0. The highest BCUT2D eigenvalue weighted by Crippen LogP contribution is 2.34. The van der Waals surface area contributed by atoms with Gasteiger partial charge in [-0.05, 0) is 50.4 Å². The predicted octanol–water partition coefficient (Wildman–Crippen LogP) is 4.02. The van der Waals surface area contributed by atoms with Gasteiger partial charge in [0, 0.05) is 43.3 Å². The molecule has 0 spiro atoms. The molecule has 2 atom stereocenters. The molecule has 0 bridgehead atoms. The number of hydrogen-bond acceptors (Lipinski definition) is 5. The van der Waals surface area contributed by atoms with Crippen LogP contribution in [0.4, 0.5) is 33.5 Å². The van der Waals surface area contributed by atoms with Gasteiger partial charge >= 0.3 is 0 Å². The number of sulfonamides is 1. The molecule has 2 unspecified atom stereocenters. The summed E-state index contributed by atoms with van der Waals surface area (Å²) in [6, 6.07) is 4.35. The third-order valence-electron chi connectivity index (χ3n) is 6.42. The molecule has 1 aromatic heterocycles. The summed E-state index contributed by atoms with van der Waals surface area (Å²) in [5.74, 6) is -4.33. The topological polar surface area (TPSA) is 65.5 Å². The van der Waals surface area contributed by atoms with Crippen molar-refractivity contribution < 1.29 is 30.4 Å². The number of halogens is 5. The fraction of sp³-hybridized carbons (Fsp3) is 0.500. The lowest BCUT2D eigenvalue weighted by molar-refractivity contribution is 0.0798. The molecular weight excluding hydrogens is 479 g/mol. The fourth-order valence-corrected chi connectivity index (χ4v) is 5.91. The standard InChI is InChI=1S/C22H25F5N4O2S/c1-13-17(31-8-5-14(11-31)10-30-7-6-15(12-30)22(26)27)9-16(23)21(20(13)25)34(32,33)29-19-4-2-3-18(24)28-19/h2-4,9,14-15,22H,5-8,10-12H2,1H3,(H,28,29). The molecule has 6 nitrogen and oxygen atoms in total. The minimum atomic E-state index is -4.71. The van der Waals surface area contributed by atoms with E-state index >= 15 is 4.39 Å². The summed E-state index contributed by atoms with van der Waals surface area (Å²) in [6.45, 7) is 3.93. The monoisotopic (exact) mass is 504 g/mol. The lowest BCUT2D eigenvalue weighted by Crippen LogP contribution is -2.30. The average molecular weight is 505 g/mol. The van der Waals surface area contributed by atoms with Crippen molar-refractivity contribution in [2.75, 3.05) is 42.3 Å². The Morgan fingerprint density at radius 2 is 1.91 bits per heavy atom. The van der Waals surface area contributed by atoms with E-state index in [1.807, 2.05) is 9.62 Å². The molecule has 4 rings (SSSR count). The first-order valence-corrected chi connectivity index (χ1v) is 12.4. The van der Waals surface area contributed by atoms with E-state index in [0.29, 0.717) is 39.1 Å². The van der Waals surface area contributed by atoms with Gasteiger partial charge in [0.15, 0.2) is 10.7 Å². The van der Waals surface area contributed by atoms with Crippen LogP contribution < -0.4 is 9.62 Å². The number of pyridine rings is 1. The van der Waals surface area contributed by atoms with Crippen LogP contribution in [-0.4, -0.2) is 57.5 Å². The molecule has 0 aliphatic carbocycles. The molecule has 2 aliphatic heterocycles. The second kappa shape index (κ2) is 9.65. The van der Waals surface area contributed by atoms with Crippen molar-refractivity contribution in [3.63, 3.8) is 0 Å². The summed E-state index contributed by atoms with van der Waals surface area (Å²) < 4.78 is 96.3. The molecule has 2 saturated heterocycles. The zero-order valence-corrected chi connectivity index (χ0v) is 19.3. The van der Waals surface area contributed by atoms with Crippen LogP contribution >= 0.6 is 0 Å². The summed E-state index contributed by atoms with van der Waals surface area (Å²) in [7, 11) is -4.71. The third kappa shape index (κ3) is 5.12. The van der Waals surface area contributed by atoms with E-state index in [1.54, 1.807) is 4.90 Å². The van der Waals surface area contributed by atoms with Crippen molar-refractivity contribution in [1.29, 1.82) is 0 Å². The van der Waals surface area contributed by atoms with Gasteiger partial charge in [0.25, 0.3) is 10.0 Å². The number of alkyl halides is 2. The van der Waals surface area contributed by atoms with Crippen LogP contribution in [0.1, 0.15) is 18.4 Å². The highest BCUT2D eigenvalue weighted by atomic mass is 32.2. The zero-order valence-electron chi connectivity index (χ0n) is 18.4. The quantitative estimate of drug-likeness (QED) is 0.456. The summed E-state index contributed by atoms with van der Waals surface area (Å²) in [4.78, 5) is 5.98. The van der Waals surface area contributed by atoms with Crippen molar-refractivity contribution in [3.8, 4) is 0 Å². The van der Waals surface area contributed by atoms with E-state index in [0.717, 1.165) is 24.6 Å². The Balaban J connectivity index is 1.49. The van der Waals surface area contributed by atoms with Gasteiger partial charge in [-0.1, -0.05) is 6.07 Å². The maximum Gasteiger partial charge on any atom is 0.268 e. The van der Waals surface area contributed by atoms with Crippen molar-refractivity contribution in [1.82, 2.24) is 9.88 Å². The minimum absolute atomic E-state index is 0.0337. The molecule has 34 heavy (non-hydrogen) atoms. The van der Waals surface area contributed by atoms with Gasteiger partial charge < -0.3 is 9.80 Å². The molecule has 1 N–H and O–H groups in total. The lowest BCUT2D eigenvalue weighted by Gasteiger charge is -2.24. The Bertz CT molecular complexity index is 1160. The van der Waals surface area contributed by atoms with E-state index in [4.69, 9.17) is 0 Å². The van der Waals surface area contributed by atoms with E-state index in [-0.39, 0.29) is 17.2 Å². The molecule has 2 fully saturated rings. The number of nitrogens with zero attached hydrogens (tertiary/aromatic N) is 3. The van der Waals surface area contributed by atoms with Gasteiger partial charge in [-0.2, -0.15) is 4.39 Å². The Kier molecular flexibility index (Phi) is 6.99. The van der Waals surface area contributed by atoms with Crippen LogP contribution in [0.5, 0.6) is 0 Å². The van der Waals surface area contributed by atoms with Crippen LogP contribution in [0.15, 0.2) is 29.2 Å². The first kappa shape index (κ1) is 24.6. The molecule has 186 valence electrons. The van der Waals surface area contributed by atoms with Crippen molar-refractivity contribution >= 4 is 21.5 Å². The first-order valence-electron chi connectivity index (χ1n) is 10.9. The van der Waals surface area contributed by atoms with Gasteiger partial charge in [-0.3, -0.25) is 4.72 Å². The predicted molar refractivity (Wildman–Crippen MR) is 117 cm³/mol. The normalized spacial score (nSPS) is 21.6. The fourth-order valence-electron chi connectivity index (χ4n) is 4.71. The highest BCUT2D eigenvalue weighted by Gasteiger charge is 2.34. The minimum Gasteiger partial charge on any atom is -0.371 e. The van der Waals surface area contributed by atoms with Crippen molar-refractivity contribution in [2.24, 2.45) is 11.8 Å². The van der Waals surface area contributed by atoms with Gasteiger partial charge in [-0.15, -0.1) is 0 Å². The number of hydrogen-bond donors (Lipinski definition) is 1. The molecular formula is C22H25F5N4O2S. The Labute approximate surface area is 194 Å². The van der Waals surface area contributed by atoms with E-state index in [2.05, 4.69) is 4.98 Å². The second-order valence-electron chi connectivity index (χ2n) is 8.84. The molecule has 0 radical (unpaired) electrons. The van der Waals surface area contributed by atoms with Crippen LogP contribution in [0.2, 0.25) is 0 Å². The van der Waals surface area contributed by atoms with E-state index in [9.17, 15) is 26.0 Å². The second-order valence-corrected chi connectivity index (χ2v) is 10.5. The van der Waals surface area contributed by atoms with E-state index in [1.165, 1.54) is 13.0 Å². The molecule has 0 saturated carbocycles.